The second-order valence-corrected chi connectivity index (χ2v) is 2.65. The highest BCUT2D eigenvalue weighted by atomic mass is 32.2. The lowest BCUT2D eigenvalue weighted by atomic mass is 10.4. The molecule has 0 saturated heterocycles. The third-order valence-electron chi connectivity index (χ3n) is 1.34. The van der Waals surface area contributed by atoms with E-state index in [-0.39, 0.29) is 0 Å². The van der Waals surface area contributed by atoms with E-state index < -0.39 is 0 Å². The van der Waals surface area contributed by atoms with Crippen LogP contribution in [0.5, 0.6) is 0 Å². The summed E-state index contributed by atoms with van der Waals surface area (Å²) >= 11 is 1.50. The van der Waals surface area contributed by atoms with E-state index in [1.807, 2.05) is 12.3 Å². The molecule has 0 aromatic heterocycles. The minimum Gasteiger partial charge on any atom is -0.197 e. The first kappa shape index (κ1) is 6.53. The Balaban J connectivity index is 2.23. The van der Waals surface area contributed by atoms with E-state index >= 15 is 0 Å². The summed E-state index contributed by atoms with van der Waals surface area (Å²) in [6, 6.07) is 0. The highest BCUT2D eigenvalue weighted by Crippen LogP contribution is 2.18. The van der Waals surface area contributed by atoms with Crippen molar-refractivity contribution in [1.82, 2.24) is 15.2 Å². The predicted octanol–water partition coefficient (Wildman–Crippen LogP) is 0.171. The van der Waals surface area contributed by atoms with Crippen LogP contribution in [0.3, 0.4) is 0 Å². The molecule has 2 aliphatic heterocycles. The SMILES string of the molecule is CSN1N=CC=C2C=NNN21. The number of hydrogen-bond donors (Lipinski definition) is 1. The fraction of sp³-hybridized carbons (Fsp3) is 0.200. The van der Waals surface area contributed by atoms with Crippen molar-refractivity contribution in [1.29, 1.82) is 0 Å². The van der Waals surface area contributed by atoms with Gasteiger partial charge in [0.05, 0.1) is 12.4 Å². The normalized spacial score (nSPS) is 19.9. The monoisotopic (exact) mass is 169 g/mol. The minimum absolute atomic E-state index is 0.995. The predicted molar refractivity (Wildman–Crippen MR) is 45.4 cm³/mol. The van der Waals surface area contributed by atoms with Crippen LogP contribution in [-0.4, -0.2) is 28.3 Å². The van der Waals surface area contributed by atoms with E-state index in [0.29, 0.717) is 0 Å². The summed E-state index contributed by atoms with van der Waals surface area (Å²) in [5, 5.41) is 9.70. The molecule has 2 rings (SSSR count). The van der Waals surface area contributed by atoms with E-state index in [2.05, 4.69) is 15.7 Å². The van der Waals surface area contributed by atoms with Crippen LogP contribution in [0.15, 0.2) is 22.0 Å². The molecule has 11 heavy (non-hydrogen) atoms. The van der Waals surface area contributed by atoms with Gasteiger partial charge in [-0.15, -0.1) is 4.52 Å². The molecule has 0 unspecified atom stereocenters. The molecular weight excluding hydrogens is 162 g/mol. The van der Waals surface area contributed by atoms with Crippen molar-refractivity contribution in [2.45, 2.75) is 0 Å². The summed E-state index contributed by atoms with van der Waals surface area (Å²) in [5.41, 5.74) is 3.78. The van der Waals surface area contributed by atoms with Crippen molar-refractivity contribution in [2.24, 2.45) is 10.2 Å². The van der Waals surface area contributed by atoms with Gasteiger partial charge in [-0.3, -0.25) is 0 Å². The third kappa shape index (κ3) is 0.949. The van der Waals surface area contributed by atoms with E-state index in [1.165, 1.54) is 11.9 Å². The van der Waals surface area contributed by atoms with E-state index in [4.69, 9.17) is 0 Å². The quantitative estimate of drug-likeness (QED) is 0.568. The molecule has 0 aromatic carbocycles. The second-order valence-electron chi connectivity index (χ2n) is 1.96. The van der Waals surface area contributed by atoms with Crippen molar-refractivity contribution in [3.05, 3.63) is 11.8 Å². The standard InChI is InChI=1S/C5H7N5S/c1-11-10-7-3-2-5-4-6-8-9(5)10/h2-4,8H,1H3. The lowest BCUT2D eigenvalue weighted by Gasteiger charge is -2.28. The van der Waals surface area contributed by atoms with Gasteiger partial charge in [-0.2, -0.15) is 20.9 Å². The van der Waals surface area contributed by atoms with Crippen molar-refractivity contribution in [2.75, 3.05) is 6.26 Å². The molecule has 0 saturated carbocycles. The summed E-state index contributed by atoms with van der Waals surface area (Å²) in [4.78, 5) is 0. The summed E-state index contributed by atoms with van der Waals surface area (Å²) in [5.74, 6) is 0. The number of allylic oxidation sites excluding steroid dienone is 2. The van der Waals surface area contributed by atoms with Crippen LogP contribution < -0.4 is 5.53 Å². The van der Waals surface area contributed by atoms with Crippen molar-refractivity contribution < 1.29 is 0 Å². The lowest BCUT2D eigenvalue weighted by Crippen LogP contribution is -2.39. The minimum atomic E-state index is 0.995. The van der Waals surface area contributed by atoms with Crippen LogP contribution in [-0.2, 0) is 0 Å². The Hall–Kier alpha value is -1.17. The second kappa shape index (κ2) is 2.46. The Morgan fingerprint density at radius 2 is 2.55 bits per heavy atom. The first-order chi connectivity index (χ1) is 5.42. The molecule has 1 N–H and O–H groups in total. The van der Waals surface area contributed by atoms with E-state index in [9.17, 15) is 0 Å². The summed E-state index contributed by atoms with van der Waals surface area (Å²) in [7, 11) is 0. The molecule has 0 bridgehead atoms. The van der Waals surface area contributed by atoms with Gasteiger partial charge in [0.25, 0.3) is 0 Å². The van der Waals surface area contributed by atoms with Crippen LogP contribution in [0.2, 0.25) is 0 Å². The Labute approximate surface area is 68.5 Å². The highest BCUT2D eigenvalue weighted by molar-refractivity contribution is 7.96. The average molecular weight is 169 g/mol. The number of hydrazine groups is 2. The van der Waals surface area contributed by atoms with Crippen LogP contribution in [0.25, 0.3) is 0 Å². The van der Waals surface area contributed by atoms with Crippen molar-refractivity contribution in [3.8, 4) is 0 Å². The number of hydrogen-bond acceptors (Lipinski definition) is 6. The zero-order valence-corrected chi connectivity index (χ0v) is 6.75. The van der Waals surface area contributed by atoms with Gasteiger partial charge in [-0.25, -0.2) is 0 Å². The highest BCUT2D eigenvalue weighted by Gasteiger charge is 2.20. The molecule has 0 aliphatic carbocycles. The van der Waals surface area contributed by atoms with Crippen LogP contribution in [0, 0.1) is 0 Å². The zero-order valence-electron chi connectivity index (χ0n) is 5.93. The van der Waals surface area contributed by atoms with Crippen LogP contribution >= 0.6 is 11.9 Å². The third-order valence-corrected chi connectivity index (χ3v) is 1.92. The molecule has 2 heterocycles. The van der Waals surface area contributed by atoms with Gasteiger partial charge in [0.2, 0.25) is 0 Å². The first-order valence-corrected chi connectivity index (χ1v) is 4.27. The molecule has 58 valence electrons. The van der Waals surface area contributed by atoms with Gasteiger partial charge in [0, 0.05) is 6.26 Å². The summed E-state index contributed by atoms with van der Waals surface area (Å²) < 4.78 is 1.71. The first-order valence-electron chi connectivity index (χ1n) is 3.09. The maximum atomic E-state index is 4.07. The number of fused-ring (bicyclic) bond motifs is 1. The van der Waals surface area contributed by atoms with Crippen LogP contribution in [0.4, 0.5) is 0 Å². The molecular formula is C5H7N5S. The lowest BCUT2D eigenvalue weighted by molar-refractivity contribution is 0.0769. The largest absolute Gasteiger partial charge is 0.197 e. The Morgan fingerprint density at radius 1 is 1.64 bits per heavy atom. The average Bonchev–Trinajstić information content (AvgIpc) is 2.50. The van der Waals surface area contributed by atoms with Gasteiger partial charge in [0.1, 0.15) is 5.70 Å². The fourth-order valence-corrected chi connectivity index (χ4v) is 1.30. The maximum Gasteiger partial charge on any atom is 0.107 e. The smallest absolute Gasteiger partial charge is 0.107 e. The Bertz CT molecular complexity index is 245. The summed E-state index contributed by atoms with van der Waals surface area (Å²) in [6.07, 6.45) is 7.31. The Kier molecular flexibility index (Phi) is 1.46. The number of nitrogens with one attached hydrogen (secondary N) is 1. The van der Waals surface area contributed by atoms with Gasteiger partial charge >= 0.3 is 0 Å². The van der Waals surface area contributed by atoms with Crippen molar-refractivity contribution in [3.63, 3.8) is 0 Å². The molecule has 0 atom stereocenters. The van der Waals surface area contributed by atoms with Gasteiger partial charge in [-0.05, 0) is 18.0 Å². The molecule has 0 fully saturated rings. The molecule has 0 spiro atoms. The van der Waals surface area contributed by atoms with Gasteiger partial charge in [0.15, 0.2) is 0 Å². The molecule has 6 heteroatoms. The van der Waals surface area contributed by atoms with E-state index in [0.717, 1.165) is 5.70 Å². The van der Waals surface area contributed by atoms with Crippen molar-refractivity contribution >= 4 is 24.4 Å². The van der Waals surface area contributed by atoms with E-state index in [1.54, 1.807) is 22.1 Å². The maximum absolute atomic E-state index is 4.07. The molecule has 0 amide bonds. The summed E-state index contributed by atoms with van der Waals surface area (Å²) in [6.45, 7) is 0. The fourth-order valence-electron chi connectivity index (χ4n) is 0.860. The molecule has 0 radical (unpaired) electrons. The van der Waals surface area contributed by atoms with Gasteiger partial charge in [-0.1, -0.05) is 0 Å². The number of rotatable bonds is 1. The number of hydrazone groups is 2. The van der Waals surface area contributed by atoms with Gasteiger partial charge < -0.3 is 0 Å². The molecule has 2 aliphatic rings. The Morgan fingerprint density at radius 3 is 3.36 bits per heavy atom. The van der Waals surface area contributed by atoms with Crippen LogP contribution in [0.1, 0.15) is 0 Å². The molecule has 5 nitrogen and oxygen atoms in total. The number of nitrogens with zero attached hydrogens (tertiary/aromatic N) is 4. The topological polar surface area (TPSA) is 43.2 Å². The molecule has 0 aromatic rings. The zero-order chi connectivity index (χ0) is 7.68.